The average Bonchev–Trinajstić information content (AvgIpc) is 2.04. The predicted octanol–water partition coefficient (Wildman–Crippen LogP) is 1.53. The van der Waals surface area contributed by atoms with Crippen molar-refractivity contribution >= 4 is 38.7 Å². The maximum atomic E-state index is 11.1. The van der Waals surface area contributed by atoms with Crippen molar-refractivity contribution in [2.24, 2.45) is 5.92 Å². The highest BCUT2D eigenvalue weighted by molar-refractivity contribution is 9.10. The number of carbonyl (C=O) groups is 1. The van der Waals surface area contributed by atoms with E-state index in [1.807, 2.05) is 0 Å². The molecule has 1 heterocycles. The van der Waals surface area contributed by atoms with Crippen LogP contribution in [0.3, 0.4) is 0 Å². The lowest BCUT2D eigenvalue weighted by molar-refractivity contribution is -0.118. The van der Waals surface area contributed by atoms with Crippen molar-refractivity contribution in [1.29, 1.82) is 0 Å². The van der Waals surface area contributed by atoms with Gasteiger partial charge < -0.3 is 5.32 Å². The van der Waals surface area contributed by atoms with Crippen molar-refractivity contribution in [2.45, 2.75) is 18.2 Å². The first-order valence-corrected chi connectivity index (χ1v) is 4.51. The van der Waals surface area contributed by atoms with E-state index in [2.05, 4.69) is 28.2 Å². The molecule has 1 rings (SSSR count). The fraction of sp³-hybridized carbons (Fsp3) is 0.857. The molecule has 0 aromatic rings. The van der Waals surface area contributed by atoms with E-state index in [-0.39, 0.29) is 21.8 Å². The molecule has 0 amide bonds. The molecule has 0 aliphatic carbocycles. The normalized spacial score (nSPS) is 32.4. The molecule has 1 aliphatic rings. The van der Waals surface area contributed by atoms with E-state index in [0.29, 0.717) is 18.1 Å². The SMILES string of the molecule is Br.CC1CNCCC(=O)C1Br. The molecule has 2 unspecified atom stereocenters. The molecule has 0 bridgehead atoms. The number of alkyl halides is 1. The molecular formula is C7H13Br2NO. The maximum absolute atomic E-state index is 11.1. The van der Waals surface area contributed by atoms with Crippen molar-refractivity contribution in [3.63, 3.8) is 0 Å². The predicted molar refractivity (Wildman–Crippen MR) is 54.7 cm³/mol. The van der Waals surface area contributed by atoms with Crippen LogP contribution in [0.25, 0.3) is 0 Å². The topological polar surface area (TPSA) is 29.1 Å². The standard InChI is InChI=1S/C7H12BrNO.BrH/c1-5-4-9-3-2-6(10)7(5)8;/h5,7,9H,2-4H2,1H3;1H. The van der Waals surface area contributed by atoms with Crippen molar-refractivity contribution in [1.82, 2.24) is 5.32 Å². The highest BCUT2D eigenvalue weighted by Gasteiger charge is 2.23. The summed E-state index contributed by atoms with van der Waals surface area (Å²) >= 11 is 3.38. The zero-order chi connectivity index (χ0) is 7.56. The second-order valence-electron chi connectivity index (χ2n) is 2.80. The van der Waals surface area contributed by atoms with Gasteiger partial charge in [-0.3, -0.25) is 4.79 Å². The van der Waals surface area contributed by atoms with Gasteiger partial charge in [-0.2, -0.15) is 0 Å². The molecule has 2 atom stereocenters. The van der Waals surface area contributed by atoms with Gasteiger partial charge >= 0.3 is 0 Å². The monoisotopic (exact) mass is 285 g/mol. The zero-order valence-corrected chi connectivity index (χ0v) is 9.77. The van der Waals surface area contributed by atoms with Crippen LogP contribution in [-0.4, -0.2) is 23.7 Å². The zero-order valence-electron chi connectivity index (χ0n) is 6.47. The molecule has 2 nitrogen and oxygen atoms in total. The summed E-state index contributed by atoms with van der Waals surface area (Å²) < 4.78 is 0. The molecule has 11 heavy (non-hydrogen) atoms. The summed E-state index contributed by atoms with van der Waals surface area (Å²) in [4.78, 5) is 11.2. The Morgan fingerprint density at radius 3 is 2.91 bits per heavy atom. The fourth-order valence-electron chi connectivity index (χ4n) is 1.10. The highest BCUT2D eigenvalue weighted by atomic mass is 79.9. The fourth-order valence-corrected chi connectivity index (χ4v) is 1.52. The largest absolute Gasteiger partial charge is 0.316 e. The van der Waals surface area contributed by atoms with Crippen molar-refractivity contribution in [2.75, 3.05) is 13.1 Å². The summed E-state index contributed by atoms with van der Waals surface area (Å²) in [6, 6.07) is 0. The Labute approximate surface area is 86.0 Å². The van der Waals surface area contributed by atoms with Gasteiger partial charge in [0, 0.05) is 13.0 Å². The molecule has 1 fully saturated rings. The first-order chi connectivity index (χ1) is 4.72. The number of nitrogens with one attached hydrogen (secondary N) is 1. The number of hydrogen-bond donors (Lipinski definition) is 1. The van der Waals surface area contributed by atoms with Gasteiger partial charge in [0.05, 0.1) is 4.83 Å². The third-order valence-electron chi connectivity index (χ3n) is 1.82. The maximum Gasteiger partial charge on any atom is 0.148 e. The van der Waals surface area contributed by atoms with Gasteiger partial charge in [-0.1, -0.05) is 22.9 Å². The van der Waals surface area contributed by atoms with Gasteiger partial charge in [0.15, 0.2) is 0 Å². The van der Waals surface area contributed by atoms with Crippen LogP contribution in [0.4, 0.5) is 0 Å². The molecule has 1 saturated heterocycles. The average molecular weight is 287 g/mol. The Balaban J connectivity index is 0.000001000. The van der Waals surface area contributed by atoms with Crippen LogP contribution in [0.2, 0.25) is 0 Å². The molecule has 0 aromatic carbocycles. The van der Waals surface area contributed by atoms with E-state index in [1.54, 1.807) is 0 Å². The number of Topliss-reactive ketones (excluding diaryl/α,β-unsaturated/α-hetero) is 1. The highest BCUT2D eigenvalue weighted by Crippen LogP contribution is 2.16. The van der Waals surface area contributed by atoms with Crippen LogP contribution in [0.1, 0.15) is 13.3 Å². The molecular weight excluding hydrogens is 274 g/mol. The smallest absolute Gasteiger partial charge is 0.148 e. The van der Waals surface area contributed by atoms with Gasteiger partial charge in [0.1, 0.15) is 5.78 Å². The van der Waals surface area contributed by atoms with Crippen LogP contribution in [0.5, 0.6) is 0 Å². The minimum Gasteiger partial charge on any atom is -0.316 e. The van der Waals surface area contributed by atoms with Gasteiger partial charge in [0.2, 0.25) is 0 Å². The van der Waals surface area contributed by atoms with E-state index >= 15 is 0 Å². The Kier molecular flexibility index (Phi) is 5.56. The van der Waals surface area contributed by atoms with Crippen molar-refractivity contribution in [3.8, 4) is 0 Å². The van der Waals surface area contributed by atoms with E-state index < -0.39 is 0 Å². The summed E-state index contributed by atoms with van der Waals surface area (Å²) in [5, 5.41) is 3.21. The quantitative estimate of drug-likeness (QED) is 0.684. The summed E-state index contributed by atoms with van der Waals surface area (Å²) in [6.07, 6.45) is 0.667. The molecule has 1 N–H and O–H groups in total. The third kappa shape index (κ3) is 3.22. The second kappa shape index (κ2) is 5.27. The van der Waals surface area contributed by atoms with E-state index in [1.165, 1.54) is 0 Å². The number of carbonyl (C=O) groups excluding carboxylic acids is 1. The molecule has 1 aliphatic heterocycles. The Morgan fingerprint density at radius 2 is 2.27 bits per heavy atom. The molecule has 0 saturated carbocycles. The molecule has 0 radical (unpaired) electrons. The van der Waals surface area contributed by atoms with Gasteiger partial charge in [-0.25, -0.2) is 0 Å². The lowest BCUT2D eigenvalue weighted by Crippen LogP contribution is -2.24. The van der Waals surface area contributed by atoms with Gasteiger partial charge in [-0.05, 0) is 12.5 Å². The molecule has 66 valence electrons. The molecule has 4 heteroatoms. The van der Waals surface area contributed by atoms with Crippen LogP contribution in [-0.2, 0) is 4.79 Å². The third-order valence-corrected chi connectivity index (χ3v) is 3.23. The number of halogens is 2. The van der Waals surface area contributed by atoms with E-state index in [0.717, 1.165) is 13.1 Å². The van der Waals surface area contributed by atoms with Crippen molar-refractivity contribution in [3.05, 3.63) is 0 Å². The summed E-state index contributed by atoms with van der Waals surface area (Å²) in [5.74, 6) is 0.757. The Morgan fingerprint density at radius 1 is 1.64 bits per heavy atom. The summed E-state index contributed by atoms with van der Waals surface area (Å²) in [6.45, 7) is 3.86. The lowest BCUT2D eigenvalue weighted by atomic mass is 10.1. The first-order valence-electron chi connectivity index (χ1n) is 3.59. The minimum atomic E-state index is 0. The second-order valence-corrected chi connectivity index (χ2v) is 3.79. The molecule has 0 aromatic heterocycles. The Hall–Kier alpha value is 0.590. The summed E-state index contributed by atoms with van der Waals surface area (Å²) in [5.41, 5.74) is 0. The number of hydrogen-bond acceptors (Lipinski definition) is 2. The molecule has 0 spiro atoms. The summed E-state index contributed by atoms with van der Waals surface area (Å²) in [7, 11) is 0. The minimum absolute atomic E-state index is 0. The lowest BCUT2D eigenvalue weighted by Gasteiger charge is -2.11. The van der Waals surface area contributed by atoms with Crippen LogP contribution < -0.4 is 5.32 Å². The van der Waals surface area contributed by atoms with Crippen LogP contribution >= 0.6 is 32.9 Å². The number of rotatable bonds is 0. The van der Waals surface area contributed by atoms with E-state index in [4.69, 9.17) is 0 Å². The van der Waals surface area contributed by atoms with Crippen LogP contribution in [0, 0.1) is 5.92 Å². The number of ketones is 1. The van der Waals surface area contributed by atoms with Crippen LogP contribution in [0.15, 0.2) is 0 Å². The Bertz CT molecular complexity index is 140. The van der Waals surface area contributed by atoms with Gasteiger partial charge in [0.25, 0.3) is 0 Å². The van der Waals surface area contributed by atoms with Crippen molar-refractivity contribution < 1.29 is 4.79 Å². The van der Waals surface area contributed by atoms with E-state index in [9.17, 15) is 4.79 Å². The van der Waals surface area contributed by atoms with Gasteiger partial charge in [-0.15, -0.1) is 17.0 Å². The first kappa shape index (κ1) is 11.6.